The van der Waals surface area contributed by atoms with Crippen LogP contribution in [-0.2, 0) is 6.54 Å². The number of carbonyl (C=O) groups is 1. The van der Waals surface area contributed by atoms with E-state index in [0.29, 0.717) is 18.2 Å². The van der Waals surface area contributed by atoms with Crippen LogP contribution in [0.25, 0.3) is 11.0 Å². The molecule has 0 radical (unpaired) electrons. The molecule has 1 aromatic carbocycles. The van der Waals surface area contributed by atoms with Gasteiger partial charge in [-0.05, 0) is 31.5 Å². The number of halogens is 2. The number of amides is 1. The minimum Gasteiger partial charge on any atom is -0.337 e. The Kier molecular flexibility index (Phi) is 7.80. The lowest BCUT2D eigenvalue weighted by molar-refractivity contribution is 0.0698. The zero-order valence-corrected chi connectivity index (χ0v) is 17.4. The highest BCUT2D eigenvalue weighted by Gasteiger charge is 2.24. The van der Waals surface area contributed by atoms with Crippen LogP contribution in [0.2, 0.25) is 0 Å². The SMILES string of the molecule is CNC1CCCN(C(=O)c2cnc3c(cnn3Cc3ccccc3)c2)C1.Cl.Cl. The van der Waals surface area contributed by atoms with Crippen molar-refractivity contribution >= 4 is 41.8 Å². The first kappa shape index (κ1) is 22.1. The van der Waals surface area contributed by atoms with E-state index >= 15 is 0 Å². The third kappa shape index (κ3) is 4.63. The number of hydrogen-bond donors (Lipinski definition) is 1. The number of pyridine rings is 1. The monoisotopic (exact) mass is 421 g/mol. The lowest BCUT2D eigenvalue weighted by Gasteiger charge is -2.32. The number of likely N-dealkylation sites (tertiary alicyclic amines) is 1. The summed E-state index contributed by atoms with van der Waals surface area (Å²) >= 11 is 0. The molecule has 150 valence electrons. The minimum atomic E-state index is 0. The summed E-state index contributed by atoms with van der Waals surface area (Å²) in [5.41, 5.74) is 2.61. The molecule has 0 bridgehead atoms. The Labute approximate surface area is 177 Å². The van der Waals surface area contributed by atoms with Gasteiger partial charge in [0.05, 0.1) is 18.3 Å². The molecule has 1 saturated heterocycles. The smallest absolute Gasteiger partial charge is 0.255 e. The molecular formula is C20H25Cl2N5O. The van der Waals surface area contributed by atoms with Gasteiger partial charge in [0, 0.05) is 30.7 Å². The summed E-state index contributed by atoms with van der Waals surface area (Å²) in [4.78, 5) is 19.3. The molecule has 1 aliphatic rings. The van der Waals surface area contributed by atoms with E-state index in [2.05, 4.69) is 27.5 Å². The van der Waals surface area contributed by atoms with Crippen LogP contribution in [0, 0.1) is 0 Å². The standard InChI is InChI=1S/C20H23N5O.2ClH/c1-21-18-8-5-9-24(14-18)20(26)17-10-16-12-23-25(19(16)22-11-17)13-15-6-3-2-4-7-15;;/h2-4,6-7,10-12,18,21H,5,8-9,13-14H2,1H3;2*1H. The van der Waals surface area contributed by atoms with E-state index in [1.165, 1.54) is 5.56 Å². The molecule has 2 aromatic heterocycles. The Morgan fingerprint density at radius 3 is 2.75 bits per heavy atom. The third-order valence-electron chi connectivity index (χ3n) is 5.01. The molecule has 0 aliphatic carbocycles. The Morgan fingerprint density at radius 1 is 1.21 bits per heavy atom. The Bertz CT molecular complexity index is 915. The minimum absolute atomic E-state index is 0. The highest BCUT2D eigenvalue weighted by Crippen LogP contribution is 2.18. The highest BCUT2D eigenvalue weighted by molar-refractivity contribution is 5.96. The van der Waals surface area contributed by atoms with E-state index in [4.69, 9.17) is 0 Å². The van der Waals surface area contributed by atoms with Gasteiger partial charge < -0.3 is 10.2 Å². The molecule has 1 N–H and O–H groups in total. The van der Waals surface area contributed by atoms with Crippen LogP contribution in [0.1, 0.15) is 28.8 Å². The van der Waals surface area contributed by atoms with Crippen molar-refractivity contribution in [3.8, 4) is 0 Å². The number of piperidine rings is 1. The van der Waals surface area contributed by atoms with Gasteiger partial charge in [-0.25, -0.2) is 9.67 Å². The second-order valence-corrected chi connectivity index (χ2v) is 6.80. The van der Waals surface area contributed by atoms with Gasteiger partial charge in [-0.3, -0.25) is 4.79 Å². The van der Waals surface area contributed by atoms with Crippen molar-refractivity contribution in [2.45, 2.75) is 25.4 Å². The zero-order chi connectivity index (χ0) is 17.9. The summed E-state index contributed by atoms with van der Waals surface area (Å²) in [5, 5.41) is 8.62. The fraction of sp³-hybridized carbons (Fsp3) is 0.350. The fourth-order valence-electron chi connectivity index (χ4n) is 3.54. The fourth-order valence-corrected chi connectivity index (χ4v) is 3.54. The molecule has 1 fully saturated rings. The van der Waals surface area contributed by atoms with Gasteiger partial charge in [-0.1, -0.05) is 30.3 Å². The Morgan fingerprint density at radius 2 is 2.00 bits per heavy atom. The van der Waals surface area contributed by atoms with Crippen LogP contribution in [0.3, 0.4) is 0 Å². The molecule has 0 saturated carbocycles. The number of benzene rings is 1. The summed E-state index contributed by atoms with van der Waals surface area (Å²) in [7, 11) is 1.95. The summed E-state index contributed by atoms with van der Waals surface area (Å²) < 4.78 is 1.87. The van der Waals surface area contributed by atoms with Crippen LogP contribution in [0.15, 0.2) is 48.8 Å². The first-order valence-electron chi connectivity index (χ1n) is 9.06. The summed E-state index contributed by atoms with van der Waals surface area (Å²) in [6.45, 7) is 2.23. The average molecular weight is 422 g/mol. The maximum Gasteiger partial charge on any atom is 0.255 e. The number of carbonyl (C=O) groups excluding carboxylic acids is 1. The maximum absolute atomic E-state index is 12.8. The van der Waals surface area contributed by atoms with Crippen LogP contribution in [0.4, 0.5) is 0 Å². The van der Waals surface area contributed by atoms with E-state index in [9.17, 15) is 4.79 Å². The molecule has 1 atom stereocenters. The average Bonchev–Trinajstić information content (AvgIpc) is 3.10. The Balaban J connectivity index is 0.00000140. The normalized spacial score (nSPS) is 16.3. The van der Waals surface area contributed by atoms with Crippen LogP contribution in [-0.4, -0.2) is 51.8 Å². The largest absolute Gasteiger partial charge is 0.337 e. The number of hydrogen-bond acceptors (Lipinski definition) is 4. The highest BCUT2D eigenvalue weighted by atomic mass is 35.5. The van der Waals surface area contributed by atoms with Crippen LogP contribution in [0.5, 0.6) is 0 Å². The molecule has 1 amide bonds. The molecule has 1 unspecified atom stereocenters. The first-order valence-corrected chi connectivity index (χ1v) is 9.06. The van der Waals surface area contributed by atoms with Crippen molar-refractivity contribution in [1.29, 1.82) is 0 Å². The predicted molar refractivity (Wildman–Crippen MR) is 116 cm³/mol. The molecule has 3 aromatic rings. The third-order valence-corrected chi connectivity index (χ3v) is 5.01. The Hall–Kier alpha value is -2.15. The molecular weight excluding hydrogens is 397 g/mol. The maximum atomic E-state index is 12.8. The molecule has 3 heterocycles. The van der Waals surface area contributed by atoms with Gasteiger partial charge in [0.1, 0.15) is 0 Å². The molecule has 8 heteroatoms. The van der Waals surface area contributed by atoms with Gasteiger partial charge >= 0.3 is 0 Å². The van der Waals surface area contributed by atoms with E-state index in [-0.39, 0.29) is 30.7 Å². The molecule has 4 rings (SSSR count). The number of aromatic nitrogens is 3. The van der Waals surface area contributed by atoms with E-state index < -0.39 is 0 Å². The number of rotatable bonds is 4. The summed E-state index contributed by atoms with van der Waals surface area (Å²) in [6.07, 6.45) is 5.61. The van der Waals surface area contributed by atoms with Crippen molar-refractivity contribution in [3.05, 3.63) is 59.9 Å². The second kappa shape index (κ2) is 9.87. The van der Waals surface area contributed by atoms with Crippen molar-refractivity contribution < 1.29 is 4.79 Å². The van der Waals surface area contributed by atoms with Gasteiger partial charge in [0.25, 0.3) is 5.91 Å². The zero-order valence-electron chi connectivity index (χ0n) is 15.7. The van der Waals surface area contributed by atoms with Crippen molar-refractivity contribution in [1.82, 2.24) is 25.0 Å². The van der Waals surface area contributed by atoms with Gasteiger partial charge in [0.15, 0.2) is 5.65 Å². The predicted octanol–water partition coefficient (Wildman–Crippen LogP) is 3.15. The van der Waals surface area contributed by atoms with Crippen molar-refractivity contribution in [2.24, 2.45) is 0 Å². The topological polar surface area (TPSA) is 63.1 Å². The lowest BCUT2D eigenvalue weighted by atomic mass is 10.0. The molecule has 28 heavy (non-hydrogen) atoms. The van der Waals surface area contributed by atoms with Gasteiger partial charge in [-0.2, -0.15) is 5.10 Å². The molecule has 1 aliphatic heterocycles. The lowest BCUT2D eigenvalue weighted by Crippen LogP contribution is -2.46. The summed E-state index contributed by atoms with van der Waals surface area (Å²) in [6, 6.07) is 12.4. The van der Waals surface area contributed by atoms with E-state index in [0.717, 1.165) is 37.0 Å². The van der Waals surface area contributed by atoms with Crippen LogP contribution >= 0.6 is 24.8 Å². The second-order valence-electron chi connectivity index (χ2n) is 6.80. The number of nitrogens with one attached hydrogen (secondary N) is 1. The number of nitrogens with zero attached hydrogens (tertiary/aromatic N) is 4. The van der Waals surface area contributed by atoms with Gasteiger partial charge in [0.2, 0.25) is 0 Å². The number of fused-ring (bicyclic) bond motifs is 1. The van der Waals surface area contributed by atoms with E-state index in [1.807, 2.05) is 40.9 Å². The van der Waals surface area contributed by atoms with Crippen molar-refractivity contribution in [3.63, 3.8) is 0 Å². The molecule has 6 nitrogen and oxygen atoms in total. The first-order chi connectivity index (χ1) is 12.7. The number of likely N-dealkylation sites (N-methyl/N-ethyl adjacent to an activating group) is 1. The molecule has 0 spiro atoms. The van der Waals surface area contributed by atoms with Gasteiger partial charge in [-0.15, -0.1) is 24.8 Å². The quantitative estimate of drug-likeness (QED) is 0.702. The van der Waals surface area contributed by atoms with E-state index in [1.54, 1.807) is 12.4 Å². The summed E-state index contributed by atoms with van der Waals surface area (Å²) in [5.74, 6) is 0.0511. The van der Waals surface area contributed by atoms with Crippen LogP contribution < -0.4 is 5.32 Å². The van der Waals surface area contributed by atoms with Crippen molar-refractivity contribution in [2.75, 3.05) is 20.1 Å².